The number of nitrogens with zero attached hydrogens (tertiary/aromatic N) is 2. The number of likely N-dealkylation sites (tertiary alicyclic amines) is 1. The Hall–Kier alpha value is -1.92. The van der Waals surface area contributed by atoms with E-state index in [0.717, 1.165) is 24.9 Å². The number of piperidine rings is 1. The molecule has 2 aliphatic rings. The fourth-order valence-corrected chi connectivity index (χ4v) is 3.95. The Kier molecular flexibility index (Phi) is 5.39. The van der Waals surface area contributed by atoms with Crippen molar-refractivity contribution in [2.24, 2.45) is 0 Å². The molecular weight excluding hydrogens is 320 g/mol. The topological polar surface area (TPSA) is 59.1 Å². The van der Waals surface area contributed by atoms with Gasteiger partial charge in [-0.2, -0.15) is 0 Å². The van der Waals surface area contributed by atoms with Crippen LogP contribution in [0.2, 0.25) is 0 Å². The smallest absolute Gasteiger partial charge is 0.248 e. The van der Waals surface area contributed by atoms with E-state index in [1.807, 2.05) is 40.1 Å². The highest BCUT2D eigenvalue weighted by Gasteiger charge is 2.45. The highest BCUT2D eigenvalue weighted by atomic mass is 16.5. The molecule has 0 unspecified atom stereocenters. The lowest BCUT2D eigenvalue weighted by atomic mass is 9.87. The van der Waals surface area contributed by atoms with Crippen LogP contribution in [0.1, 0.15) is 26.2 Å². The molecule has 0 bridgehead atoms. The molecule has 3 rings (SSSR count). The number of para-hydroxylation sites is 1. The van der Waals surface area contributed by atoms with Crippen molar-refractivity contribution in [2.45, 2.75) is 37.8 Å². The van der Waals surface area contributed by atoms with Crippen molar-refractivity contribution in [1.29, 1.82) is 0 Å². The number of amides is 2. The normalized spacial score (nSPS) is 22.2. The number of anilines is 1. The van der Waals surface area contributed by atoms with Gasteiger partial charge in [0.15, 0.2) is 0 Å². The summed E-state index contributed by atoms with van der Waals surface area (Å²) in [6.45, 7) is 3.63. The number of carbonyl (C=O) groups excluding carboxylic acids is 2. The van der Waals surface area contributed by atoms with Gasteiger partial charge in [0, 0.05) is 32.8 Å². The predicted molar refractivity (Wildman–Crippen MR) is 94.4 cm³/mol. The molecule has 1 atom stereocenters. The zero-order valence-corrected chi connectivity index (χ0v) is 14.9. The van der Waals surface area contributed by atoms with E-state index in [1.165, 1.54) is 7.11 Å². The molecule has 2 heterocycles. The van der Waals surface area contributed by atoms with Crippen LogP contribution in [-0.4, -0.2) is 61.8 Å². The van der Waals surface area contributed by atoms with Crippen LogP contribution >= 0.6 is 0 Å². The third kappa shape index (κ3) is 3.85. The summed E-state index contributed by atoms with van der Waals surface area (Å²) in [5.41, 5.74) is 0.685. The molecule has 25 heavy (non-hydrogen) atoms. The number of methoxy groups -OCH3 is 1. The molecule has 2 fully saturated rings. The maximum absolute atomic E-state index is 12.2. The Morgan fingerprint density at radius 3 is 2.56 bits per heavy atom. The molecule has 0 N–H and O–H groups in total. The molecular formula is C19H26N2O4. The number of hydrogen-bond donors (Lipinski definition) is 0. The highest BCUT2D eigenvalue weighted by Crippen LogP contribution is 2.38. The van der Waals surface area contributed by atoms with Crippen molar-refractivity contribution in [3.8, 4) is 0 Å². The molecule has 2 saturated heterocycles. The first-order valence-electron chi connectivity index (χ1n) is 8.80. The zero-order valence-electron chi connectivity index (χ0n) is 14.9. The lowest BCUT2D eigenvalue weighted by Gasteiger charge is -2.39. The van der Waals surface area contributed by atoms with Gasteiger partial charge < -0.3 is 19.3 Å². The summed E-state index contributed by atoms with van der Waals surface area (Å²) in [6.07, 6.45) is 2.42. The first-order chi connectivity index (χ1) is 12.0. The third-order valence-corrected chi connectivity index (χ3v) is 5.22. The minimum atomic E-state index is -0.225. The molecule has 136 valence electrons. The molecule has 1 aromatic rings. The van der Waals surface area contributed by atoms with Gasteiger partial charge in [0.2, 0.25) is 11.8 Å². The Morgan fingerprint density at radius 2 is 1.96 bits per heavy atom. The first-order valence-corrected chi connectivity index (χ1v) is 8.80. The molecule has 6 nitrogen and oxygen atoms in total. The number of benzene rings is 1. The quantitative estimate of drug-likeness (QED) is 0.835. The molecule has 6 heteroatoms. The maximum atomic E-state index is 12.2. The minimum Gasteiger partial charge on any atom is -0.375 e. The van der Waals surface area contributed by atoms with Gasteiger partial charge in [0.1, 0.15) is 6.61 Å². The van der Waals surface area contributed by atoms with Gasteiger partial charge in [0.25, 0.3) is 0 Å². The molecule has 1 aromatic carbocycles. The van der Waals surface area contributed by atoms with Crippen molar-refractivity contribution in [2.75, 3.05) is 38.3 Å². The second-order valence-corrected chi connectivity index (χ2v) is 6.89. The predicted octanol–water partition coefficient (Wildman–Crippen LogP) is 1.84. The zero-order chi connectivity index (χ0) is 17.9. The van der Waals surface area contributed by atoms with Crippen molar-refractivity contribution < 1.29 is 19.1 Å². The molecule has 2 amide bonds. The van der Waals surface area contributed by atoms with E-state index in [0.29, 0.717) is 19.7 Å². The largest absolute Gasteiger partial charge is 0.375 e. The summed E-state index contributed by atoms with van der Waals surface area (Å²) >= 11 is 0. The van der Waals surface area contributed by atoms with Crippen molar-refractivity contribution in [3.63, 3.8) is 0 Å². The average molecular weight is 346 g/mol. The molecule has 2 aliphatic heterocycles. The fraction of sp³-hybridized carbons (Fsp3) is 0.579. The van der Waals surface area contributed by atoms with Crippen molar-refractivity contribution in [3.05, 3.63) is 30.3 Å². The maximum Gasteiger partial charge on any atom is 0.248 e. The van der Waals surface area contributed by atoms with E-state index in [9.17, 15) is 9.59 Å². The second-order valence-electron chi connectivity index (χ2n) is 6.89. The number of rotatable bonds is 4. The monoisotopic (exact) mass is 346 g/mol. The summed E-state index contributed by atoms with van der Waals surface area (Å²) in [4.78, 5) is 27.9. The SMILES string of the molecule is COCC(=O)N1CCC2(CC1)C[C@@H](N(C(C)=O)c1ccccc1)CO2. The van der Waals surface area contributed by atoms with Crippen molar-refractivity contribution >= 4 is 17.5 Å². The van der Waals surface area contributed by atoms with Gasteiger partial charge >= 0.3 is 0 Å². The molecule has 0 aromatic heterocycles. The van der Waals surface area contributed by atoms with Gasteiger partial charge in [-0.15, -0.1) is 0 Å². The number of hydrogen-bond acceptors (Lipinski definition) is 4. The van der Waals surface area contributed by atoms with Crippen LogP contribution in [0.15, 0.2) is 30.3 Å². The summed E-state index contributed by atoms with van der Waals surface area (Å²) in [7, 11) is 1.54. The van der Waals surface area contributed by atoms with Crippen LogP contribution < -0.4 is 4.90 Å². The summed E-state index contributed by atoms with van der Waals surface area (Å²) in [5.74, 6) is 0.0612. The summed E-state index contributed by atoms with van der Waals surface area (Å²) in [6, 6.07) is 9.78. The summed E-state index contributed by atoms with van der Waals surface area (Å²) < 4.78 is 11.1. The second kappa shape index (κ2) is 7.54. The van der Waals surface area contributed by atoms with E-state index >= 15 is 0 Å². The minimum absolute atomic E-state index is 0.0292. The lowest BCUT2D eigenvalue weighted by Crippen LogP contribution is -2.48. The van der Waals surface area contributed by atoms with Gasteiger partial charge in [-0.25, -0.2) is 0 Å². The van der Waals surface area contributed by atoms with Crippen LogP contribution in [0.25, 0.3) is 0 Å². The fourth-order valence-electron chi connectivity index (χ4n) is 3.95. The number of carbonyl (C=O) groups is 2. The lowest BCUT2D eigenvalue weighted by molar-refractivity contribution is -0.139. The Labute approximate surface area is 148 Å². The van der Waals surface area contributed by atoms with E-state index in [4.69, 9.17) is 9.47 Å². The molecule has 0 aliphatic carbocycles. The van der Waals surface area contributed by atoms with Gasteiger partial charge in [-0.1, -0.05) is 18.2 Å². The first kappa shape index (κ1) is 17.9. The third-order valence-electron chi connectivity index (χ3n) is 5.22. The Morgan fingerprint density at radius 1 is 1.28 bits per heavy atom. The van der Waals surface area contributed by atoms with Crippen LogP contribution in [0.5, 0.6) is 0 Å². The van der Waals surface area contributed by atoms with E-state index in [-0.39, 0.29) is 30.1 Å². The summed E-state index contributed by atoms with van der Waals surface area (Å²) in [5, 5.41) is 0. The van der Waals surface area contributed by atoms with Crippen LogP contribution in [0, 0.1) is 0 Å². The highest BCUT2D eigenvalue weighted by molar-refractivity contribution is 5.92. The van der Waals surface area contributed by atoms with Gasteiger partial charge in [-0.3, -0.25) is 9.59 Å². The molecule has 0 saturated carbocycles. The molecule has 0 radical (unpaired) electrons. The van der Waals surface area contributed by atoms with Crippen molar-refractivity contribution in [1.82, 2.24) is 4.90 Å². The molecule has 1 spiro atoms. The average Bonchev–Trinajstić information content (AvgIpc) is 2.99. The number of ether oxygens (including phenoxy) is 2. The van der Waals surface area contributed by atoms with Crippen LogP contribution in [0.4, 0.5) is 5.69 Å². The van der Waals surface area contributed by atoms with E-state index in [2.05, 4.69) is 0 Å². The van der Waals surface area contributed by atoms with Crippen LogP contribution in [-0.2, 0) is 19.1 Å². The van der Waals surface area contributed by atoms with E-state index in [1.54, 1.807) is 6.92 Å². The van der Waals surface area contributed by atoms with Gasteiger partial charge in [-0.05, 0) is 31.4 Å². The van der Waals surface area contributed by atoms with E-state index < -0.39 is 0 Å². The Bertz CT molecular complexity index is 611. The Balaban J connectivity index is 1.65. The van der Waals surface area contributed by atoms with Gasteiger partial charge in [0.05, 0.1) is 18.2 Å². The van der Waals surface area contributed by atoms with Crippen LogP contribution in [0.3, 0.4) is 0 Å². The standard InChI is InChI=1S/C19H26N2O4/c1-15(22)21(16-6-4-3-5-7-16)17-12-19(25-13-17)8-10-20(11-9-19)18(23)14-24-2/h3-7,17H,8-14H2,1-2H3/t17-/m1/s1.